The lowest BCUT2D eigenvalue weighted by Crippen LogP contribution is -2.29. The predicted molar refractivity (Wildman–Crippen MR) is 137 cm³/mol. The fourth-order valence-electron chi connectivity index (χ4n) is 4.21. The van der Waals surface area contributed by atoms with E-state index in [0.29, 0.717) is 6.61 Å². The molecule has 182 valence electrons. The zero-order valence-corrected chi connectivity index (χ0v) is 20.6. The summed E-state index contributed by atoms with van der Waals surface area (Å²) in [6.45, 7) is 2.47. The maximum Gasteiger partial charge on any atom is 0.284 e. The number of fused-ring (bicyclic) bond motifs is 1. The first kappa shape index (κ1) is 24.6. The average Bonchev–Trinajstić information content (AvgIpc) is 3.33. The lowest BCUT2D eigenvalue weighted by atomic mass is 9.97. The minimum absolute atomic E-state index is 0.0424. The van der Waals surface area contributed by atoms with Crippen molar-refractivity contribution in [2.45, 2.75) is 38.5 Å². The first-order valence-electron chi connectivity index (χ1n) is 11.5. The monoisotopic (exact) mass is 491 g/mol. The highest BCUT2D eigenvalue weighted by molar-refractivity contribution is 7.89. The van der Waals surface area contributed by atoms with Gasteiger partial charge in [-0.2, -0.15) is 0 Å². The van der Waals surface area contributed by atoms with Crippen molar-refractivity contribution in [2.75, 3.05) is 6.26 Å². The summed E-state index contributed by atoms with van der Waals surface area (Å²) < 4.78 is 33.0. The molecule has 1 aromatic heterocycles. The van der Waals surface area contributed by atoms with Crippen molar-refractivity contribution >= 4 is 26.7 Å². The summed E-state index contributed by atoms with van der Waals surface area (Å²) in [5, 5.41) is 2.41. The Bertz CT molecular complexity index is 1390. The molecule has 1 heterocycles. The number of carbonyl (C=O) groups excluding carboxylic acids is 1. The van der Waals surface area contributed by atoms with Crippen LogP contribution in [0.25, 0.3) is 10.8 Å². The van der Waals surface area contributed by atoms with E-state index in [1.165, 1.54) is 16.3 Å². The molecule has 35 heavy (non-hydrogen) atoms. The standard InChI is InChI=1S/C27H29N3O4S/c1-20(34-18-21-9-4-3-5-10-21)26(30-17-25(28-19-30)27(31)29-35(2,32)33)16-15-23-13-8-12-22-11-6-7-14-24(22)23/h3-14,17,19-20,26H,15-16,18H2,1-2H3,(H,29,31)/t20-,26+/m0/s1. The SMILES string of the molecule is C[C@H](OCc1ccccc1)[C@@H](CCc1cccc2ccccc12)n1cnc(C(=O)NS(C)(=O)=O)c1. The number of sulfonamides is 1. The molecule has 7 nitrogen and oxygen atoms in total. The van der Waals surface area contributed by atoms with Gasteiger partial charge in [-0.15, -0.1) is 0 Å². The number of imidazole rings is 1. The van der Waals surface area contributed by atoms with Gasteiger partial charge >= 0.3 is 0 Å². The number of aromatic nitrogens is 2. The third kappa shape index (κ3) is 6.55. The van der Waals surface area contributed by atoms with Crippen LogP contribution in [0.4, 0.5) is 0 Å². The molecule has 0 radical (unpaired) electrons. The average molecular weight is 492 g/mol. The topological polar surface area (TPSA) is 90.3 Å². The van der Waals surface area contributed by atoms with Crippen molar-refractivity contribution in [1.29, 1.82) is 0 Å². The molecule has 8 heteroatoms. The van der Waals surface area contributed by atoms with Gasteiger partial charge in [0.1, 0.15) is 5.69 Å². The van der Waals surface area contributed by atoms with Crippen molar-refractivity contribution in [1.82, 2.24) is 14.3 Å². The Balaban J connectivity index is 1.56. The normalized spacial score (nSPS) is 13.4. The second-order valence-corrected chi connectivity index (χ2v) is 10.4. The summed E-state index contributed by atoms with van der Waals surface area (Å²) in [4.78, 5) is 16.5. The molecule has 1 N–H and O–H groups in total. The van der Waals surface area contributed by atoms with Crippen molar-refractivity contribution in [3.8, 4) is 0 Å². The Morgan fingerprint density at radius 1 is 1.03 bits per heavy atom. The molecule has 0 spiro atoms. The fourth-order valence-corrected chi connectivity index (χ4v) is 4.65. The Hall–Kier alpha value is -3.49. The van der Waals surface area contributed by atoms with Crippen molar-refractivity contribution < 1.29 is 17.9 Å². The maximum atomic E-state index is 12.3. The maximum absolute atomic E-state index is 12.3. The van der Waals surface area contributed by atoms with Crippen LogP contribution in [0.3, 0.4) is 0 Å². The Kier molecular flexibility index (Phi) is 7.63. The van der Waals surface area contributed by atoms with Gasteiger partial charge in [0.05, 0.1) is 31.3 Å². The number of rotatable bonds is 10. The molecule has 1 amide bonds. The van der Waals surface area contributed by atoms with Gasteiger partial charge < -0.3 is 9.30 Å². The zero-order chi connectivity index (χ0) is 24.8. The fraction of sp³-hybridized carbons (Fsp3) is 0.259. The number of hydrogen-bond donors (Lipinski definition) is 1. The van der Waals surface area contributed by atoms with Gasteiger partial charge in [0, 0.05) is 6.20 Å². The highest BCUT2D eigenvalue weighted by Gasteiger charge is 2.23. The second kappa shape index (κ2) is 10.8. The number of carbonyl (C=O) groups is 1. The molecule has 0 bridgehead atoms. The molecule has 4 rings (SSSR count). The minimum atomic E-state index is -3.68. The predicted octanol–water partition coefficient (Wildman–Crippen LogP) is 4.50. The van der Waals surface area contributed by atoms with E-state index >= 15 is 0 Å². The first-order valence-corrected chi connectivity index (χ1v) is 13.4. The molecule has 0 aliphatic rings. The van der Waals surface area contributed by atoms with Crippen LogP contribution < -0.4 is 4.72 Å². The first-order chi connectivity index (χ1) is 16.8. The van der Waals surface area contributed by atoms with Crippen LogP contribution in [0.5, 0.6) is 0 Å². The minimum Gasteiger partial charge on any atom is -0.372 e. The molecule has 0 unspecified atom stereocenters. The quantitative estimate of drug-likeness (QED) is 0.353. The molecule has 0 aliphatic heterocycles. The van der Waals surface area contributed by atoms with E-state index in [-0.39, 0.29) is 17.8 Å². The lowest BCUT2D eigenvalue weighted by molar-refractivity contribution is 0.0149. The smallest absolute Gasteiger partial charge is 0.284 e. The second-order valence-electron chi connectivity index (χ2n) is 8.66. The number of amides is 1. The van der Waals surface area contributed by atoms with Crippen LogP contribution in [0.2, 0.25) is 0 Å². The zero-order valence-electron chi connectivity index (χ0n) is 19.8. The number of nitrogens with one attached hydrogen (secondary N) is 1. The van der Waals surface area contributed by atoms with Crippen LogP contribution in [0.15, 0.2) is 85.3 Å². The van der Waals surface area contributed by atoms with Gasteiger partial charge in [0.25, 0.3) is 5.91 Å². The Labute approximate surface area is 205 Å². The number of ether oxygens (including phenoxy) is 1. The van der Waals surface area contributed by atoms with E-state index < -0.39 is 15.9 Å². The molecule has 2 atom stereocenters. The summed E-state index contributed by atoms with van der Waals surface area (Å²) in [5.41, 5.74) is 2.35. The summed E-state index contributed by atoms with van der Waals surface area (Å²) >= 11 is 0. The summed E-state index contributed by atoms with van der Waals surface area (Å²) in [6, 6.07) is 24.4. The van der Waals surface area contributed by atoms with Gasteiger partial charge in [-0.05, 0) is 41.7 Å². The molecule has 4 aromatic rings. The van der Waals surface area contributed by atoms with Crippen LogP contribution >= 0.6 is 0 Å². The summed E-state index contributed by atoms with van der Waals surface area (Å²) in [5.74, 6) is -0.753. The van der Waals surface area contributed by atoms with Crippen LogP contribution in [-0.4, -0.2) is 36.2 Å². The molecular formula is C27H29N3O4S. The van der Waals surface area contributed by atoms with E-state index in [1.54, 1.807) is 12.5 Å². The highest BCUT2D eigenvalue weighted by Crippen LogP contribution is 2.26. The molecular weight excluding hydrogens is 462 g/mol. The van der Waals surface area contributed by atoms with Gasteiger partial charge in [0.2, 0.25) is 10.0 Å². The lowest BCUT2D eigenvalue weighted by Gasteiger charge is -2.26. The van der Waals surface area contributed by atoms with Gasteiger partial charge in [0.15, 0.2) is 0 Å². The van der Waals surface area contributed by atoms with Gasteiger partial charge in [-0.25, -0.2) is 18.1 Å². The molecule has 3 aromatic carbocycles. The molecule has 0 saturated heterocycles. The van der Waals surface area contributed by atoms with E-state index in [4.69, 9.17) is 4.74 Å². The Morgan fingerprint density at radius 3 is 2.51 bits per heavy atom. The van der Waals surface area contributed by atoms with Gasteiger partial charge in [-0.1, -0.05) is 72.8 Å². The third-order valence-electron chi connectivity index (χ3n) is 5.98. The molecule has 0 aliphatic carbocycles. The van der Waals surface area contributed by atoms with Gasteiger partial charge in [-0.3, -0.25) is 4.79 Å². The van der Waals surface area contributed by atoms with Crippen LogP contribution in [-0.2, 0) is 27.8 Å². The molecule has 0 fully saturated rings. The number of benzene rings is 3. The van der Waals surface area contributed by atoms with E-state index in [2.05, 4.69) is 35.3 Å². The van der Waals surface area contributed by atoms with Crippen molar-refractivity contribution in [3.63, 3.8) is 0 Å². The van der Waals surface area contributed by atoms with Crippen molar-refractivity contribution in [3.05, 3.63) is 102 Å². The molecule has 0 saturated carbocycles. The summed E-state index contributed by atoms with van der Waals surface area (Å²) in [6.07, 6.45) is 5.44. The van der Waals surface area contributed by atoms with Crippen molar-refractivity contribution in [2.24, 2.45) is 0 Å². The van der Waals surface area contributed by atoms with Crippen LogP contribution in [0, 0.1) is 0 Å². The highest BCUT2D eigenvalue weighted by atomic mass is 32.2. The number of nitrogens with zero attached hydrogens (tertiary/aromatic N) is 2. The summed E-state index contributed by atoms with van der Waals surface area (Å²) in [7, 11) is -3.68. The largest absolute Gasteiger partial charge is 0.372 e. The Morgan fingerprint density at radius 2 is 1.74 bits per heavy atom. The number of aryl methyl sites for hydroxylation is 1. The van der Waals surface area contributed by atoms with E-state index in [1.807, 2.05) is 58.7 Å². The van der Waals surface area contributed by atoms with E-state index in [9.17, 15) is 13.2 Å². The van der Waals surface area contributed by atoms with E-state index in [0.717, 1.165) is 24.7 Å². The number of hydrogen-bond acceptors (Lipinski definition) is 5. The van der Waals surface area contributed by atoms with Crippen LogP contribution in [0.1, 0.15) is 41.0 Å². The third-order valence-corrected chi connectivity index (χ3v) is 6.54.